The third kappa shape index (κ3) is 3.76. The van der Waals surface area contributed by atoms with Crippen LogP contribution in [0.3, 0.4) is 0 Å². The zero-order chi connectivity index (χ0) is 15.6. The fourth-order valence-electron chi connectivity index (χ4n) is 2.88. The lowest BCUT2D eigenvalue weighted by atomic mass is 9.75. The second kappa shape index (κ2) is 6.63. The SMILES string of the molecule is Cc1nc(N(C)CC2(N(C)C)CCC2)sc1CNC(C)C. The summed E-state index contributed by atoms with van der Waals surface area (Å²) in [7, 11) is 6.59. The molecule has 0 radical (unpaired) electrons. The zero-order valence-corrected chi connectivity index (χ0v) is 15.2. The van der Waals surface area contributed by atoms with Crippen LogP contribution in [0, 0.1) is 6.92 Å². The molecule has 1 aromatic rings. The van der Waals surface area contributed by atoms with Gasteiger partial charge in [-0.15, -0.1) is 11.3 Å². The molecule has 5 heteroatoms. The largest absolute Gasteiger partial charge is 0.349 e. The Balaban J connectivity index is 2.02. The second-order valence-corrected chi connectivity index (χ2v) is 7.93. The number of hydrogen-bond donors (Lipinski definition) is 1. The van der Waals surface area contributed by atoms with Gasteiger partial charge in [-0.3, -0.25) is 0 Å². The Morgan fingerprint density at radius 3 is 2.43 bits per heavy atom. The predicted molar refractivity (Wildman–Crippen MR) is 92.4 cm³/mol. The highest BCUT2D eigenvalue weighted by atomic mass is 32.1. The van der Waals surface area contributed by atoms with Gasteiger partial charge in [0, 0.05) is 36.6 Å². The summed E-state index contributed by atoms with van der Waals surface area (Å²) in [5.74, 6) is 0. The van der Waals surface area contributed by atoms with Gasteiger partial charge in [0.05, 0.1) is 5.69 Å². The minimum absolute atomic E-state index is 0.352. The molecule has 1 saturated carbocycles. The Bertz CT molecular complexity index is 463. The fraction of sp³-hybridized carbons (Fsp3) is 0.812. The van der Waals surface area contributed by atoms with Gasteiger partial charge in [0.15, 0.2) is 5.13 Å². The quantitative estimate of drug-likeness (QED) is 0.839. The van der Waals surface area contributed by atoms with E-state index in [-0.39, 0.29) is 0 Å². The molecular formula is C16H30N4S. The van der Waals surface area contributed by atoms with Crippen LogP contribution in [0.5, 0.6) is 0 Å². The van der Waals surface area contributed by atoms with Gasteiger partial charge >= 0.3 is 0 Å². The summed E-state index contributed by atoms with van der Waals surface area (Å²) >= 11 is 1.83. The summed E-state index contributed by atoms with van der Waals surface area (Å²) < 4.78 is 0. The molecule has 1 aromatic heterocycles. The molecule has 21 heavy (non-hydrogen) atoms. The number of likely N-dealkylation sites (N-methyl/N-ethyl adjacent to an activating group) is 2. The average Bonchev–Trinajstić information content (AvgIpc) is 2.72. The highest BCUT2D eigenvalue weighted by molar-refractivity contribution is 7.15. The molecule has 0 saturated heterocycles. The number of nitrogens with zero attached hydrogens (tertiary/aromatic N) is 3. The topological polar surface area (TPSA) is 31.4 Å². The Labute approximate surface area is 133 Å². The molecule has 4 nitrogen and oxygen atoms in total. The first-order chi connectivity index (χ1) is 9.84. The number of aromatic nitrogens is 1. The van der Waals surface area contributed by atoms with E-state index in [0.29, 0.717) is 11.6 Å². The molecule has 0 aliphatic heterocycles. The Morgan fingerprint density at radius 2 is 1.95 bits per heavy atom. The third-order valence-electron chi connectivity index (χ3n) is 4.64. The van der Waals surface area contributed by atoms with E-state index >= 15 is 0 Å². The molecule has 1 N–H and O–H groups in total. The molecule has 0 aromatic carbocycles. The number of anilines is 1. The van der Waals surface area contributed by atoms with E-state index in [1.54, 1.807) is 0 Å². The molecule has 120 valence electrons. The van der Waals surface area contributed by atoms with Gasteiger partial charge in [-0.05, 0) is 40.3 Å². The highest BCUT2D eigenvalue weighted by Crippen LogP contribution is 2.38. The van der Waals surface area contributed by atoms with Crippen LogP contribution in [0.2, 0.25) is 0 Å². The van der Waals surface area contributed by atoms with Crippen LogP contribution in [-0.2, 0) is 6.54 Å². The zero-order valence-electron chi connectivity index (χ0n) is 14.4. The van der Waals surface area contributed by atoms with Crippen LogP contribution in [0.1, 0.15) is 43.7 Å². The van der Waals surface area contributed by atoms with Crippen LogP contribution < -0.4 is 10.2 Å². The summed E-state index contributed by atoms with van der Waals surface area (Å²) in [6.45, 7) is 8.48. The Hall–Kier alpha value is -0.650. The first-order valence-electron chi connectivity index (χ1n) is 7.92. The second-order valence-electron chi connectivity index (χ2n) is 6.87. The lowest BCUT2D eigenvalue weighted by molar-refractivity contribution is 0.0683. The van der Waals surface area contributed by atoms with Crippen LogP contribution in [-0.4, -0.2) is 49.2 Å². The maximum Gasteiger partial charge on any atom is 0.185 e. The van der Waals surface area contributed by atoms with Crippen molar-refractivity contribution in [2.24, 2.45) is 0 Å². The summed E-state index contributed by atoms with van der Waals surface area (Å²) in [5, 5.41) is 4.64. The summed E-state index contributed by atoms with van der Waals surface area (Å²) in [6, 6.07) is 0.514. The first kappa shape index (κ1) is 16.7. The molecule has 1 aliphatic carbocycles. The number of hydrogen-bond acceptors (Lipinski definition) is 5. The van der Waals surface area contributed by atoms with Crippen molar-refractivity contribution < 1.29 is 0 Å². The van der Waals surface area contributed by atoms with E-state index in [9.17, 15) is 0 Å². The minimum atomic E-state index is 0.352. The standard InChI is InChI=1S/C16H30N4S/c1-12(2)17-10-14-13(3)18-15(21-14)20(6)11-16(19(4)5)8-7-9-16/h12,17H,7-11H2,1-6H3. The van der Waals surface area contributed by atoms with E-state index in [1.165, 1.54) is 29.8 Å². The summed E-state index contributed by atoms with van der Waals surface area (Å²) in [4.78, 5) is 10.9. The normalized spacial score (nSPS) is 17.3. The molecule has 2 rings (SSSR count). The van der Waals surface area contributed by atoms with Gasteiger partial charge < -0.3 is 15.1 Å². The maximum absolute atomic E-state index is 4.78. The van der Waals surface area contributed by atoms with Gasteiger partial charge in [-0.25, -0.2) is 4.98 Å². The first-order valence-corrected chi connectivity index (χ1v) is 8.74. The van der Waals surface area contributed by atoms with E-state index < -0.39 is 0 Å². The molecule has 1 aliphatic rings. The molecule has 1 fully saturated rings. The number of rotatable bonds is 7. The monoisotopic (exact) mass is 310 g/mol. The van der Waals surface area contributed by atoms with E-state index in [1.807, 2.05) is 11.3 Å². The van der Waals surface area contributed by atoms with Crippen molar-refractivity contribution in [3.05, 3.63) is 10.6 Å². The third-order valence-corrected chi connectivity index (χ3v) is 5.91. The highest BCUT2D eigenvalue weighted by Gasteiger charge is 2.40. The Morgan fingerprint density at radius 1 is 1.29 bits per heavy atom. The molecule has 0 spiro atoms. The molecule has 0 amide bonds. The van der Waals surface area contributed by atoms with Crippen molar-refractivity contribution in [2.45, 2.75) is 58.2 Å². The van der Waals surface area contributed by atoms with Crippen molar-refractivity contribution >= 4 is 16.5 Å². The molecule has 0 atom stereocenters. The number of thiazole rings is 1. The van der Waals surface area contributed by atoms with Crippen molar-refractivity contribution in [3.8, 4) is 0 Å². The number of nitrogens with one attached hydrogen (secondary N) is 1. The summed E-state index contributed by atoms with van der Waals surface area (Å²) in [5.41, 5.74) is 1.52. The summed E-state index contributed by atoms with van der Waals surface area (Å²) in [6.07, 6.45) is 3.96. The van der Waals surface area contributed by atoms with Crippen LogP contribution in [0.15, 0.2) is 0 Å². The van der Waals surface area contributed by atoms with Crippen molar-refractivity contribution in [1.29, 1.82) is 0 Å². The van der Waals surface area contributed by atoms with Gasteiger partial charge in [-0.2, -0.15) is 0 Å². The Kier molecular flexibility index (Phi) is 5.28. The van der Waals surface area contributed by atoms with Crippen molar-refractivity contribution in [1.82, 2.24) is 15.2 Å². The van der Waals surface area contributed by atoms with E-state index in [2.05, 4.69) is 57.0 Å². The van der Waals surface area contributed by atoms with E-state index in [0.717, 1.165) is 18.2 Å². The van der Waals surface area contributed by atoms with Crippen LogP contribution >= 0.6 is 11.3 Å². The van der Waals surface area contributed by atoms with Gasteiger partial charge in [0.25, 0.3) is 0 Å². The van der Waals surface area contributed by atoms with E-state index in [4.69, 9.17) is 4.98 Å². The molecular weight excluding hydrogens is 280 g/mol. The number of aryl methyl sites for hydroxylation is 1. The smallest absolute Gasteiger partial charge is 0.185 e. The maximum atomic E-state index is 4.78. The lowest BCUT2D eigenvalue weighted by Gasteiger charge is -2.49. The minimum Gasteiger partial charge on any atom is -0.349 e. The molecule has 1 heterocycles. The van der Waals surface area contributed by atoms with Crippen LogP contribution in [0.25, 0.3) is 0 Å². The van der Waals surface area contributed by atoms with Gasteiger partial charge in [-0.1, -0.05) is 13.8 Å². The molecule has 0 bridgehead atoms. The predicted octanol–water partition coefficient (Wildman–Crippen LogP) is 2.87. The van der Waals surface area contributed by atoms with Crippen LogP contribution in [0.4, 0.5) is 5.13 Å². The lowest BCUT2D eigenvalue weighted by Crippen LogP contribution is -2.56. The average molecular weight is 311 g/mol. The fourth-order valence-corrected chi connectivity index (χ4v) is 3.85. The van der Waals surface area contributed by atoms with Gasteiger partial charge in [0.2, 0.25) is 0 Å². The molecule has 0 unspecified atom stereocenters. The van der Waals surface area contributed by atoms with Gasteiger partial charge in [0.1, 0.15) is 0 Å². The van der Waals surface area contributed by atoms with Crippen molar-refractivity contribution in [2.75, 3.05) is 32.6 Å². The van der Waals surface area contributed by atoms with Crippen molar-refractivity contribution in [3.63, 3.8) is 0 Å².